The first kappa shape index (κ1) is 25.9. The van der Waals surface area contributed by atoms with Crippen molar-refractivity contribution in [3.8, 4) is 0 Å². The fourth-order valence-electron chi connectivity index (χ4n) is 6.12. The third kappa shape index (κ3) is 4.78. The molecule has 2 bridgehead atoms. The Morgan fingerprint density at radius 2 is 2.00 bits per heavy atom. The van der Waals surface area contributed by atoms with Crippen LogP contribution in [0.5, 0.6) is 0 Å². The number of para-hydroxylation sites is 1. The van der Waals surface area contributed by atoms with Gasteiger partial charge in [0.1, 0.15) is 12.1 Å². The van der Waals surface area contributed by atoms with Crippen molar-refractivity contribution < 1.29 is 36.3 Å². The van der Waals surface area contributed by atoms with Crippen molar-refractivity contribution in [1.29, 1.82) is 0 Å². The number of benzene rings is 2. The Kier molecular flexibility index (Phi) is 7.54. The van der Waals surface area contributed by atoms with Crippen molar-refractivity contribution in [3.05, 3.63) is 89.1 Å². The number of halogens is 1. The number of aliphatic hydroxyl groups excluding tert-OH is 1. The van der Waals surface area contributed by atoms with Crippen molar-refractivity contribution in [2.45, 2.75) is 25.0 Å². The van der Waals surface area contributed by atoms with Gasteiger partial charge in [0.15, 0.2) is 6.54 Å². The number of aliphatic hydroxyl groups is 1. The third-order valence-electron chi connectivity index (χ3n) is 7.86. The van der Waals surface area contributed by atoms with E-state index in [0.29, 0.717) is 22.0 Å². The molecule has 0 aliphatic carbocycles. The fraction of sp³-hybridized carbons (Fsp3) is 0.333. The zero-order chi connectivity index (χ0) is 24.6. The van der Waals surface area contributed by atoms with Gasteiger partial charge < -0.3 is 31.9 Å². The molecule has 5 atom stereocenters. The van der Waals surface area contributed by atoms with E-state index in [4.69, 9.17) is 0 Å². The van der Waals surface area contributed by atoms with Crippen LogP contribution in [-0.2, 0) is 4.79 Å². The maximum absolute atomic E-state index is 13.2. The van der Waals surface area contributed by atoms with Crippen molar-refractivity contribution >= 4 is 28.2 Å². The lowest BCUT2D eigenvalue weighted by Gasteiger charge is -2.57. The predicted octanol–water partition coefficient (Wildman–Crippen LogP) is 1.23. The minimum Gasteiger partial charge on any atom is -1.00 e. The summed E-state index contributed by atoms with van der Waals surface area (Å²) in [6.45, 7) is 5.83. The molecule has 3 aromatic rings. The second-order valence-corrected chi connectivity index (χ2v) is 9.75. The summed E-state index contributed by atoms with van der Waals surface area (Å²) < 4.78 is 0.490. The van der Waals surface area contributed by atoms with Crippen LogP contribution in [0.2, 0.25) is 0 Å². The molecule has 0 saturated carbocycles. The number of aromatic nitrogens is 1. The quantitative estimate of drug-likeness (QED) is 0.198. The summed E-state index contributed by atoms with van der Waals surface area (Å²) in [5.74, 6) is 0.574. The van der Waals surface area contributed by atoms with E-state index >= 15 is 0 Å². The van der Waals surface area contributed by atoms with Gasteiger partial charge in [-0.15, -0.1) is 6.58 Å². The van der Waals surface area contributed by atoms with Crippen LogP contribution in [0, 0.1) is 22.0 Å². The highest BCUT2D eigenvalue weighted by atomic mass is 79.9. The van der Waals surface area contributed by atoms with Gasteiger partial charge in [0.2, 0.25) is 0 Å². The van der Waals surface area contributed by atoms with Crippen LogP contribution in [0.3, 0.4) is 0 Å². The van der Waals surface area contributed by atoms with Gasteiger partial charge in [-0.2, -0.15) is 0 Å². The number of rotatable bonds is 7. The summed E-state index contributed by atoms with van der Waals surface area (Å²) in [6, 6.07) is 15.4. The number of nitrogens with zero attached hydrogens (tertiary/aromatic N) is 3. The van der Waals surface area contributed by atoms with Gasteiger partial charge in [0.25, 0.3) is 11.6 Å². The number of piperidine rings is 3. The summed E-state index contributed by atoms with van der Waals surface area (Å²) in [5, 5.41) is 26.5. The monoisotopic (exact) mass is 552 g/mol. The predicted molar refractivity (Wildman–Crippen MR) is 133 cm³/mol. The molecule has 4 unspecified atom stereocenters. The molecule has 188 valence electrons. The van der Waals surface area contributed by atoms with Gasteiger partial charge in [-0.3, -0.25) is 19.9 Å². The van der Waals surface area contributed by atoms with Crippen LogP contribution in [0.25, 0.3) is 10.9 Å². The Morgan fingerprint density at radius 1 is 1.25 bits per heavy atom. The number of non-ortho nitro benzene ring substituents is 1. The number of anilines is 1. The molecule has 3 saturated heterocycles. The normalized spacial score (nSPS) is 25.5. The van der Waals surface area contributed by atoms with E-state index in [1.54, 1.807) is 18.3 Å². The maximum Gasteiger partial charge on any atom is 0.279 e. The number of carbonyl (C=O) groups excluding carboxylic acids is 1. The lowest BCUT2D eigenvalue weighted by atomic mass is 9.71. The molecule has 8 nitrogen and oxygen atoms in total. The SMILES string of the molecule is C=CC1C[N@+]2(CC(=O)Nc3ccc([N+](=O)[O-])cc3)CCC1CC2C(O)c1ccnc2ccccc12.[Br-]. The molecule has 1 aromatic heterocycles. The first-order chi connectivity index (χ1) is 16.9. The van der Waals surface area contributed by atoms with Crippen LogP contribution >= 0.6 is 0 Å². The molecule has 36 heavy (non-hydrogen) atoms. The first-order valence-electron chi connectivity index (χ1n) is 11.9. The molecule has 3 aliphatic heterocycles. The van der Waals surface area contributed by atoms with E-state index in [9.17, 15) is 20.0 Å². The lowest BCUT2D eigenvalue weighted by molar-refractivity contribution is -0.966. The van der Waals surface area contributed by atoms with E-state index in [1.807, 2.05) is 36.4 Å². The van der Waals surface area contributed by atoms with Crippen molar-refractivity contribution in [1.82, 2.24) is 4.98 Å². The third-order valence-corrected chi connectivity index (χ3v) is 7.86. The van der Waals surface area contributed by atoms with Crippen molar-refractivity contribution in [2.75, 3.05) is 25.0 Å². The molecule has 0 spiro atoms. The van der Waals surface area contributed by atoms with Crippen LogP contribution in [0.15, 0.2) is 73.4 Å². The molecule has 4 heterocycles. The number of fused-ring (bicyclic) bond motifs is 4. The minimum absolute atomic E-state index is 0. The van der Waals surface area contributed by atoms with Gasteiger partial charge in [0, 0.05) is 48.2 Å². The number of pyridine rings is 1. The molecule has 6 rings (SSSR count). The summed E-state index contributed by atoms with van der Waals surface area (Å²) >= 11 is 0. The van der Waals surface area contributed by atoms with E-state index in [-0.39, 0.29) is 41.2 Å². The molecule has 9 heteroatoms. The number of carbonyl (C=O) groups is 1. The van der Waals surface area contributed by atoms with Crippen molar-refractivity contribution in [3.63, 3.8) is 0 Å². The van der Waals surface area contributed by atoms with Gasteiger partial charge in [-0.05, 0) is 35.7 Å². The van der Waals surface area contributed by atoms with Crippen LogP contribution in [-0.4, -0.2) is 51.1 Å². The molecule has 0 radical (unpaired) electrons. The zero-order valence-corrected chi connectivity index (χ0v) is 21.4. The van der Waals surface area contributed by atoms with E-state index in [0.717, 1.165) is 42.4 Å². The van der Waals surface area contributed by atoms with E-state index in [1.165, 1.54) is 12.1 Å². The number of hydrogen-bond donors (Lipinski definition) is 2. The van der Waals surface area contributed by atoms with Gasteiger partial charge >= 0.3 is 0 Å². The highest BCUT2D eigenvalue weighted by Gasteiger charge is 2.54. The topological polar surface area (TPSA) is 105 Å². The zero-order valence-electron chi connectivity index (χ0n) is 19.8. The number of nitro groups is 1. The van der Waals surface area contributed by atoms with Crippen LogP contribution in [0.1, 0.15) is 24.5 Å². The Hall–Kier alpha value is -3.14. The Morgan fingerprint density at radius 3 is 2.72 bits per heavy atom. The number of nitro benzene ring substituents is 1. The molecule has 3 fully saturated rings. The number of quaternary nitrogens is 1. The summed E-state index contributed by atoms with van der Waals surface area (Å²) in [7, 11) is 0. The average molecular weight is 553 g/mol. The molecule has 3 aliphatic rings. The van der Waals surface area contributed by atoms with Crippen molar-refractivity contribution in [2.24, 2.45) is 11.8 Å². The first-order valence-corrected chi connectivity index (χ1v) is 11.9. The Bertz CT molecular complexity index is 1280. The van der Waals surface area contributed by atoms with Crippen LogP contribution in [0.4, 0.5) is 11.4 Å². The highest BCUT2D eigenvalue weighted by Crippen LogP contribution is 2.47. The second kappa shape index (κ2) is 10.5. The Balaban J connectivity index is 0.00000304. The lowest BCUT2D eigenvalue weighted by Crippen LogP contribution is -3.00. The maximum atomic E-state index is 13.2. The van der Waals surface area contributed by atoms with Crippen LogP contribution < -0.4 is 22.3 Å². The van der Waals surface area contributed by atoms with Gasteiger partial charge in [-0.25, -0.2) is 0 Å². The number of amides is 1. The fourth-order valence-corrected chi connectivity index (χ4v) is 6.12. The largest absolute Gasteiger partial charge is 1.00 e. The molecular weight excluding hydrogens is 524 g/mol. The number of nitrogens with one attached hydrogen (secondary N) is 1. The van der Waals surface area contributed by atoms with E-state index in [2.05, 4.69) is 16.9 Å². The Labute approximate surface area is 220 Å². The van der Waals surface area contributed by atoms with Gasteiger partial charge in [-0.1, -0.05) is 24.3 Å². The smallest absolute Gasteiger partial charge is 0.279 e. The average Bonchev–Trinajstić information content (AvgIpc) is 2.88. The van der Waals surface area contributed by atoms with E-state index < -0.39 is 11.0 Å². The molecular formula is C27H29BrN4O4. The molecule has 2 N–H and O–H groups in total. The molecule has 2 aromatic carbocycles. The second-order valence-electron chi connectivity index (χ2n) is 9.75. The summed E-state index contributed by atoms with van der Waals surface area (Å²) in [5.41, 5.74) is 2.18. The molecule has 1 amide bonds. The standard InChI is InChI=1S/C27H28N4O4.BrH/c1-2-18-16-31(17-26(32)29-20-7-9-21(10-8-20)30(34)35)14-12-19(18)15-25(31)27(33)23-11-13-28-24-6-4-3-5-22(23)24;/h2-11,13,18-19,25,27,33H,1,12,14-17H2;1H/t18?,19?,25?,27?,31-;/m0./s1. The summed E-state index contributed by atoms with van der Waals surface area (Å²) in [6.07, 6.45) is 4.80. The highest BCUT2D eigenvalue weighted by molar-refractivity contribution is 5.91. The minimum atomic E-state index is -0.733. The number of hydrogen-bond acceptors (Lipinski definition) is 5. The summed E-state index contributed by atoms with van der Waals surface area (Å²) in [4.78, 5) is 28.1. The van der Waals surface area contributed by atoms with Gasteiger partial charge in [0.05, 0.1) is 23.5 Å².